The maximum Gasteiger partial charge on any atom is 0.142 e. The number of anilines is 1. The highest BCUT2D eigenvalue weighted by molar-refractivity contribution is 5.65. The minimum atomic E-state index is -0.505. The molecule has 3 N–H and O–H groups in total. The third-order valence-electron chi connectivity index (χ3n) is 2.98. The van der Waals surface area contributed by atoms with Crippen LogP contribution in [0, 0.1) is 0 Å². The first-order valence-electron chi connectivity index (χ1n) is 6.59. The summed E-state index contributed by atoms with van der Waals surface area (Å²) in [5, 5.41) is 16.1. The predicted octanol–water partition coefficient (Wildman–Crippen LogP) is 1.74. The first-order valence-corrected chi connectivity index (χ1v) is 6.59. The van der Waals surface area contributed by atoms with E-state index in [1.54, 1.807) is 0 Å². The van der Waals surface area contributed by atoms with Crippen molar-refractivity contribution in [1.29, 1.82) is 0 Å². The number of rotatable bonds is 6. The molecule has 1 heterocycles. The minimum absolute atomic E-state index is 0.280. The fourth-order valence-corrected chi connectivity index (χ4v) is 2.18. The van der Waals surface area contributed by atoms with Crippen molar-refractivity contribution >= 4 is 5.69 Å². The van der Waals surface area contributed by atoms with Crippen LogP contribution in [-0.4, -0.2) is 30.5 Å². The summed E-state index contributed by atoms with van der Waals surface area (Å²) in [6, 6.07) is 6.39. The van der Waals surface area contributed by atoms with Crippen LogP contribution < -0.4 is 15.4 Å². The van der Waals surface area contributed by atoms with E-state index in [0.29, 0.717) is 13.0 Å². The van der Waals surface area contributed by atoms with Crippen molar-refractivity contribution in [2.24, 2.45) is 0 Å². The second-order valence-corrected chi connectivity index (χ2v) is 4.94. The van der Waals surface area contributed by atoms with E-state index in [9.17, 15) is 5.11 Å². The Morgan fingerprint density at radius 2 is 2.28 bits per heavy atom. The number of fused-ring (bicyclic) bond motifs is 1. The van der Waals surface area contributed by atoms with Crippen LogP contribution in [0.2, 0.25) is 0 Å². The number of para-hydroxylation sites is 1. The van der Waals surface area contributed by atoms with Crippen molar-refractivity contribution in [2.45, 2.75) is 39.0 Å². The zero-order valence-electron chi connectivity index (χ0n) is 11.1. The molecule has 0 radical (unpaired) electrons. The number of ether oxygens (including phenoxy) is 1. The molecule has 1 atom stereocenters. The summed E-state index contributed by atoms with van der Waals surface area (Å²) in [4.78, 5) is 0. The lowest BCUT2D eigenvalue weighted by molar-refractivity contribution is 0.0997. The summed E-state index contributed by atoms with van der Waals surface area (Å²) in [5.41, 5.74) is 2.43. The predicted molar refractivity (Wildman–Crippen MR) is 73.0 cm³/mol. The van der Waals surface area contributed by atoms with Gasteiger partial charge in [0.25, 0.3) is 0 Å². The van der Waals surface area contributed by atoms with Gasteiger partial charge < -0.3 is 15.2 Å². The van der Waals surface area contributed by atoms with Crippen molar-refractivity contribution in [3.63, 3.8) is 0 Å². The van der Waals surface area contributed by atoms with Crippen molar-refractivity contribution in [1.82, 2.24) is 5.32 Å². The molecule has 1 aliphatic heterocycles. The second kappa shape index (κ2) is 6.07. The van der Waals surface area contributed by atoms with Gasteiger partial charge in [0.1, 0.15) is 12.0 Å². The van der Waals surface area contributed by atoms with E-state index in [1.807, 2.05) is 26.0 Å². The minimum Gasteiger partial charge on any atom is -0.491 e. The van der Waals surface area contributed by atoms with Crippen LogP contribution in [0.3, 0.4) is 0 Å². The molecule has 0 spiro atoms. The summed E-state index contributed by atoms with van der Waals surface area (Å²) in [7, 11) is 0. The molecular weight excluding hydrogens is 228 g/mol. The van der Waals surface area contributed by atoms with E-state index in [1.165, 1.54) is 5.56 Å². The zero-order chi connectivity index (χ0) is 13.0. The molecule has 4 heteroatoms. The van der Waals surface area contributed by atoms with Crippen molar-refractivity contribution in [3.8, 4) is 5.75 Å². The molecule has 0 aromatic heterocycles. The van der Waals surface area contributed by atoms with E-state index in [0.717, 1.165) is 24.4 Å². The fraction of sp³-hybridized carbons (Fsp3) is 0.571. The van der Waals surface area contributed by atoms with Gasteiger partial charge in [0.2, 0.25) is 0 Å². The number of hydrogen-bond donors (Lipinski definition) is 3. The Balaban J connectivity index is 1.82. The van der Waals surface area contributed by atoms with Gasteiger partial charge in [0, 0.05) is 19.0 Å². The average Bonchev–Trinajstić information content (AvgIpc) is 2.76. The lowest BCUT2D eigenvalue weighted by atomic mass is 10.1. The Hall–Kier alpha value is -1.26. The molecule has 18 heavy (non-hydrogen) atoms. The van der Waals surface area contributed by atoms with Crippen LogP contribution in [0.25, 0.3) is 0 Å². The fourth-order valence-electron chi connectivity index (χ4n) is 2.18. The van der Waals surface area contributed by atoms with Gasteiger partial charge in [-0.2, -0.15) is 0 Å². The molecule has 1 aromatic carbocycles. The Labute approximate surface area is 108 Å². The lowest BCUT2D eigenvalue weighted by Crippen LogP contribution is -2.35. The smallest absolute Gasteiger partial charge is 0.142 e. The van der Waals surface area contributed by atoms with Crippen LogP contribution in [-0.2, 0) is 6.42 Å². The number of hydrogen-bond acceptors (Lipinski definition) is 4. The van der Waals surface area contributed by atoms with Crippen LogP contribution in [0.4, 0.5) is 5.69 Å². The van der Waals surface area contributed by atoms with E-state index in [2.05, 4.69) is 16.7 Å². The number of nitrogens with one attached hydrogen (secondary N) is 2. The quantitative estimate of drug-likeness (QED) is 0.673. The monoisotopic (exact) mass is 250 g/mol. The van der Waals surface area contributed by atoms with Gasteiger partial charge in [-0.15, -0.1) is 0 Å². The van der Waals surface area contributed by atoms with Crippen LogP contribution in [0.15, 0.2) is 18.2 Å². The van der Waals surface area contributed by atoms with Crippen molar-refractivity contribution < 1.29 is 9.84 Å². The Kier molecular flexibility index (Phi) is 4.44. The zero-order valence-corrected chi connectivity index (χ0v) is 11.1. The summed E-state index contributed by atoms with van der Waals surface area (Å²) in [5.74, 6) is 0.891. The first-order chi connectivity index (χ1) is 8.66. The van der Waals surface area contributed by atoms with Gasteiger partial charge >= 0.3 is 0 Å². The normalized spacial score (nSPS) is 15.3. The van der Waals surface area contributed by atoms with Crippen molar-refractivity contribution in [2.75, 3.05) is 18.5 Å². The van der Waals surface area contributed by atoms with E-state index >= 15 is 0 Å². The molecule has 0 saturated heterocycles. The molecule has 0 saturated carbocycles. The third kappa shape index (κ3) is 3.37. The van der Waals surface area contributed by atoms with Gasteiger partial charge in [-0.05, 0) is 31.9 Å². The molecule has 1 aromatic rings. The van der Waals surface area contributed by atoms with Gasteiger partial charge in [0.15, 0.2) is 0 Å². The van der Waals surface area contributed by atoms with Crippen LogP contribution >= 0.6 is 0 Å². The average molecular weight is 250 g/mol. The topological polar surface area (TPSA) is 53.5 Å². The highest BCUT2D eigenvalue weighted by atomic mass is 16.5. The number of benzene rings is 1. The number of aliphatic hydroxyl groups excluding tert-OH is 1. The molecule has 0 aliphatic carbocycles. The SMILES string of the molecule is CC(C)NC(O)CCOc1cccc2c1NCC2. The molecule has 4 nitrogen and oxygen atoms in total. The van der Waals surface area contributed by atoms with Crippen molar-refractivity contribution in [3.05, 3.63) is 23.8 Å². The Morgan fingerprint density at radius 1 is 1.44 bits per heavy atom. The van der Waals surface area contributed by atoms with Gasteiger partial charge in [-0.1, -0.05) is 12.1 Å². The third-order valence-corrected chi connectivity index (χ3v) is 2.98. The van der Waals surface area contributed by atoms with Gasteiger partial charge in [0.05, 0.1) is 12.3 Å². The van der Waals surface area contributed by atoms with Gasteiger partial charge in [-0.25, -0.2) is 0 Å². The van der Waals surface area contributed by atoms with Gasteiger partial charge in [-0.3, -0.25) is 5.32 Å². The molecule has 0 fully saturated rings. The molecule has 2 rings (SSSR count). The maximum atomic E-state index is 9.68. The first kappa shape index (κ1) is 13.2. The largest absolute Gasteiger partial charge is 0.491 e. The number of aliphatic hydroxyl groups is 1. The highest BCUT2D eigenvalue weighted by Gasteiger charge is 2.14. The summed E-state index contributed by atoms with van der Waals surface area (Å²) < 4.78 is 5.74. The van der Waals surface area contributed by atoms with Crippen LogP contribution in [0.5, 0.6) is 5.75 Å². The standard InChI is InChI=1S/C14H22N2O2/c1-10(2)16-13(17)7-9-18-12-5-3-4-11-6-8-15-14(11)12/h3-5,10,13,15-17H,6-9H2,1-2H3. The maximum absolute atomic E-state index is 9.68. The highest BCUT2D eigenvalue weighted by Crippen LogP contribution is 2.32. The Bertz CT molecular complexity index is 393. The van der Waals surface area contributed by atoms with E-state index in [-0.39, 0.29) is 6.04 Å². The Morgan fingerprint density at radius 3 is 3.06 bits per heavy atom. The lowest BCUT2D eigenvalue weighted by Gasteiger charge is -2.16. The molecule has 0 bridgehead atoms. The molecular formula is C14H22N2O2. The molecule has 1 unspecified atom stereocenters. The molecule has 0 amide bonds. The second-order valence-electron chi connectivity index (χ2n) is 4.94. The molecule has 100 valence electrons. The van der Waals surface area contributed by atoms with Crippen LogP contribution in [0.1, 0.15) is 25.8 Å². The summed E-state index contributed by atoms with van der Waals surface area (Å²) >= 11 is 0. The summed E-state index contributed by atoms with van der Waals surface area (Å²) in [6.45, 7) is 5.52. The summed E-state index contributed by atoms with van der Waals surface area (Å²) in [6.07, 6.45) is 1.14. The molecule has 1 aliphatic rings. The van der Waals surface area contributed by atoms with E-state index in [4.69, 9.17) is 4.74 Å². The van der Waals surface area contributed by atoms with E-state index < -0.39 is 6.23 Å².